The van der Waals surface area contributed by atoms with Crippen LogP contribution in [0.4, 0.5) is 0 Å². The predicted octanol–water partition coefficient (Wildman–Crippen LogP) is 3.98. The SMILES string of the molecule is CCC(CC)CNC1CCCC(C2CC2)C1. The Morgan fingerprint density at radius 1 is 1.00 bits per heavy atom. The third-order valence-electron chi connectivity index (χ3n) is 4.85. The van der Waals surface area contributed by atoms with E-state index >= 15 is 0 Å². The van der Waals surface area contributed by atoms with Gasteiger partial charge in [0.2, 0.25) is 0 Å². The molecule has 1 N–H and O–H groups in total. The van der Waals surface area contributed by atoms with E-state index in [1.807, 2.05) is 0 Å². The Bertz CT molecular complexity index is 194. The molecule has 2 rings (SSSR count). The summed E-state index contributed by atoms with van der Waals surface area (Å²) in [4.78, 5) is 0. The molecule has 0 heterocycles. The summed E-state index contributed by atoms with van der Waals surface area (Å²) in [5.41, 5.74) is 0. The summed E-state index contributed by atoms with van der Waals surface area (Å²) in [6.07, 6.45) is 11.6. The van der Waals surface area contributed by atoms with Crippen LogP contribution in [0.5, 0.6) is 0 Å². The molecule has 2 aliphatic rings. The maximum atomic E-state index is 3.84. The van der Waals surface area contributed by atoms with Gasteiger partial charge < -0.3 is 5.32 Å². The quantitative estimate of drug-likeness (QED) is 0.718. The highest BCUT2D eigenvalue weighted by atomic mass is 14.9. The van der Waals surface area contributed by atoms with Crippen molar-refractivity contribution in [2.45, 2.75) is 71.3 Å². The predicted molar refractivity (Wildman–Crippen MR) is 70.5 cm³/mol. The summed E-state index contributed by atoms with van der Waals surface area (Å²) >= 11 is 0. The monoisotopic (exact) mass is 223 g/mol. The molecular weight excluding hydrogens is 194 g/mol. The molecule has 94 valence electrons. The molecule has 0 aromatic heterocycles. The van der Waals surface area contributed by atoms with Gasteiger partial charge >= 0.3 is 0 Å². The van der Waals surface area contributed by atoms with E-state index in [1.165, 1.54) is 57.9 Å². The molecule has 0 aromatic carbocycles. The lowest BCUT2D eigenvalue weighted by molar-refractivity contribution is 0.251. The Labute approximate surface area is 101 Å². The van der Waals surface area contributed by atoms with Crippen molar-refractivity contribution in [3.05, 3.63) is 0 Å². The van der Waals surface area contributed by atoms with E-state index in [9.17, 15) is 0 Å². The van der Waals surface area contributed by atoms with E-state index in [-0.39, 0.29) is 0 Å². The van der Waals surface area contributed by atoms with Crippen LogP contribution in [0.3, 0.4) is 0 Å². The average Bonchev–Trinajstić information content (AvgIpc) is 3.15. The van der Waals surface area contributed by atoms with Crippen LogP contribution in [0.25, 0.3) is 0 Å². The zero-order valence-electron chi connectivity index (χ0n) is 11.2. The molecule has 2 fully saturated rings. The summed E-state index contributed by atoms with van der Waals surface area (Å²) in [5, 5.41) is 3.84. The van der Waals surface area contributed by atoms with Crippen LogP contribution in [-0.4, -0.2) is 12.6 Å². The minimum absolute atomic E-state index is 0.847. The largest absolute Gasteiger partial charge is 0.314 e. The minimum atomic E-state index is 0.847. The van der Waals surface area contributed by atoms with Crippen molar-refractivity contribution in [1.29, 1.82) is 0 Å². The molecule has 0 radical (unpaired) electrons. The molecule has 2 aliphatic carbocycles. The molecular formula is C15H29N. The molecule has 0 saturated heterocycles. The van der Waals surface area contributed by atoms with Crippen LogP contribution in [-0.2, 0) is 0 Å². The third-order valence-corrected chi connectivity index (χ3v) is 4.85. The van der Waals surface area contributed by atoms with Gasteiger partial charge in [-0.25, -0.2) is 0 Å². The van der Waals surface area contributed by atoms with E-state index < -0.39 is 0 Å². The fourth-order valence-corrected chi connectivity index (χ4v) is 3.32. The van der Waals surface area contributed by atoms with Crippen molar-refractivity contribution in [2.24, 2.45) is 17.8 Å². The smallest absolute Gasteiger partial charge is 0.00699 e. The number of hydrogen-bond donors (Lipinski definition) is 1. The molecule has 2 atom stereocenters. The maximum absolute atomic E-state index is 3.84. The lowest BCUT2D eigenvalue weighted by atomic mass is 9.82. The zero-order valence-corrected chi connectivity index (χ0v) is 11.2. The maximum Gasteiger partial charge on any atom is 0.00699 e. The van der Waals surface area contributed by atoms with Crippen molar-refractivity contribution in [1.82, 2.24) is 5.32 Å². The summed E-state index contributed by atoms with van der Waals surface area (Å²) in [6, 6.07) is 0.847. The highest BCUT2D eigenvalue weighted by Crippen LogP contribution is 2.43. The molecule has 1 nitrogen and oxygen atoms in total. The lowest BCUT2D eigenvalue weighted by Gasteiger charge is -2.31. The number of hydrogen-bond acceptors (Lipinski definition) is 1. The third kappa shape index (κ3) is 3.48. The molecule has 0 aromatic rings. The van der Waals surface area contributed by atoms with Crippen molar-refractivity contribution >= 4 is 0 Å². The standard InChI is InChI=1S/C15H29N/c1-3-12(4-2)11-16-15-7-5-6-14(10-15)13-8-9-13/h12-16H,3-11H2,1-2H3. The van der Waals surface area contributed by atoms with Gasteiger partial charge in [-0.3, -0.25) is 0 Å². The molecule has 16 heavy (non-hydrogen) atoms. The molecule has 0 aliphatic heterocycles. The van der Waals surface area contributed by atoms with Gasteiger partial charge in [0.25, 0.3) is 0 Å². The summed E-state index contributed by atoms with van der Waals surface area (Å²) in [7, 11) is 0. The highest BCUT2D eigenvalue weighted by Gasteiger charge is 2.34. The molecule has 2 saturated carbocycles. The van der Waals surface area contributed by atoms with Crippen LogP contribution >= 0.6 is 0 Å². The Morgan fingerprint density at radius 2 is 1.75 bits per heavy atom. The fourth-order valence-electron chi connectivity index (χ4n) is 3.32. The van der Waals surface area contributed by atoms with Crippen LogP contribution in [0.15, 0.2) is 0 Å². The van der Waals surface area contributed by atoms with Gasteiger partial charge in [0.05, 0.1) is 0 Å². The van der Waals surface area contributed by atoms with Crippen LogP contribution < -0.4 is 5.32 Å². The normalized spacial score (nSPS) is 30.9. The fraction of sp³-hybridized carbons (Fsp3) is 1.00. The first kappa shape index (κ1) is 12.4. The average molecular weight is 223 g/mol. The first-order chi connectivity index (χ1) is 7.83. The molecule has 0 amide bonds. The first-order valence-corrected chi connectivity index (χ1v) is 7.56. The molecule has 0 spiro atoms. The van der Waals surface area contributed by atoms with Crippen LogP contribution in [0, 0.1) is 17.8 Å². The van der Waals surface area contributed by atoms with Gasteiger partial charge in [0, 0.05) is 6.04 Å². The number of rotatable bonds is 6. The first-order valence-electron chi connectivity index (χ1n) is 7.56. The summed E-state index contributed by atoms with van der Waals surface area (Å²) < 4.78 is 0. The van der Waals surface area contributed by atoms with E-state index in [2.05, 4.69) is 19.2 Å². The van der Waals surface area contributed by atoms with E-state index in [0.717, 1.165) is 23.8 Å². The lowest BCUT2D eigenvalue weighted by Crippen LogP contribution is -2.37. The van der Waals surface area contributed by atoms with Crippen LogP contribution in [0.1, 0.15) is 65.2 Å². The van der Waals surface area contributed by atoms with E-state index in [0.29, 0.717) is 0 Å². The van der Waals surface area contributed by atoms with Crippen molar-refractivity contribution in [2.75, 3.05) is 6.54 Å². The van der Waals surface area contributed by atoms with Crippen molar-refractivity contribution in [3.8, 4) is 0 Å². The zero-order chi connectivity index (χ0) is 11.4. The van der Waals surface area contributed by atoms with Gasteiger partial charge in [-0.15, -0.1) is 0 Å². The summed E-state index contributed by atoms with van der Waals surface area (Å²) in [5.74, 6) is 3.10. The topological polar surface area (TPSA) is 12.0 Å². The Balaban J connectivity index is 1.68. The summed E-state index contributed by atoms with van der Waals surface area (Å²) in [6.45, 7) is 5.91. The van der Waals surface area contributed by atoms with Gasteiger partial charge in [-0.2, -0.15) is 0 Å². The number of nitrogens with one attached hydrogen (secondary N) is 1. The highest BCUT2D eigenvalue weighted by molar-refractivity contribution is 4.88. The van der Waals surface area contributed by atoms with Crippen molar-refractivity contribution < 1.29 is 0 Å². The Hall–Kier alpha value is -0.0400. The second kappa shape index (κ2) is 6.05. The van der Waals surface area contributed by atoms with Gasteiger partial charge in [0.1, 0.15) is 0 Å². The second-order valence-electron chi connectivity index (χ2n) is 6.05. The second-order valence-corrected chi connectivity index (χ2v) is 6.05. The molecule has 2 unspecified atom stereocenters. The van der Waals surface area contributed by atoms with E-state index in [1.54, 1.807) is 0 Å². The van der Waals surface area contributed by atoms with E-state index in [4.69, 9.17) is 0 Å². The Kier molecular flexibility index (Phi) is 4.69. The molecule has 1 heteroatoms. The van der Waals surface area contributed by atoms with Crippen molar-refractivity contribution in [3.63, 3.8) is 0 Å². The van der Waals surface area contributed by atoms with Gasteiger partial charge in [-0.1, -0.05) is 39.5 Å². The molecule has 0 bridgehead atoms. The van der Waals surface area contributed by atoms with Crippen LogP contribution in [0.2, 0.25) is 0 Å². The van der Waals surface area contributed by atoms with Gasteiger partial charge in [-0.05, 0) is 50.0 Å². The minimum Gasteiger partial charge on any atom is -0.314 e. The Morgan fingerprint density at radius 3 is 2.38 bits per heavy atom. The van der Waals surface area contributed by atoms with Gasteiger partial charge in [0.15, 0.2) is 0 Å².